The first-order chi connectivity index (χ1) is 10.3. The van der Waals surface area contributed by atoms with E-state index >= 15 is 0 Å². The molecule has 5 nitrogen and oxygen atoms in total. The second-order valence-electron chi connectivity index (χ2n) is 6.50. The van der Waals surface area contributed by atoms with Crippen LogP contribution in [0.3, 0.4) is 0 Å². The highest BCUT2D eigenvalue weighted by molar-refractivity contribution is 6.29. The topological polar surface area (TPSA) is 55.6 Å². The summed E-state index contributed by atoms with van der Waals surface area (Å²) in [6.45, 7) is 6.26. The van der Waals surface area contributed by atoms with Gasteiger partial charge in [0.25, 0.3) is 0 Å². The number of hydrogen-bond donors (Lipinski definition) is 0. The third kappa shape index (κ3) is 3.04. The van der Waals surface area contributed by atoms with Crippen LogP contribution in [-0.2, 0) is 4.74 Å². The molecule has 2 aromatic rings. The zero-order valence-corrected chi connectivity index (χ0v) is 13.7. The van der Waals surface area contributed by atoms with Gasteiger partial charge >= 0.3 is 6.09 Å². The third-order valence-corrected chi connectivity index (χ3v) is 3.78. The van der Waals surface area contributed by atoms with E-state index in [0.29, 0.717) is 22.8 Å². The maximum atomic E-state index is 12.3. The normalized spacial score (nSPS) is 18.9. The Bertz CT molecular complexity index is 705. The average Bonchev–Trinajstić information content (AvgIpc) is 3.01. The van der Waals surface area contributed by atoms with Crippen molar-refractivity contribution >= 4 is 28.8 Å². The first kappa shape index (κ1) is 15.2. The summed E-state index contributed by atoms with van der Waals surface area (Å²) < 4.78 is 11.3. The Balaban J connectivity index is 1.86. The van der Waals surface area contributed by atoms with E-state index in [2.05, 4.69) is 4.98 Å². The van der Waals surface area contributed by atoms with E-state index < -0.39 is 5.60 Å². The lowest BCUT2D eigenvalue weighted by Gasteiger charge is -2.27. The van der Waals surface area contributed by atoms with Crippen LogP contribution in [0.2, 0.25) is 5.15 Å². The summed E-state index contributed by atoms with van der Waals surface area (Å²) in [6, 6.07) is 5.23. The van der Waals surface area contributed by atoms with Crippen LogP contribution in [0, 0.1) is 0 Å². The highest BCUT2D eigenvalue weighted by Crippen LogP contribution is 2.35. The van der Waals surface area contributed by atoms with Gasteiger partial charge in [0.1, 0.15) is 22.0 Å². The maximum absolute atomic E-state index is 12.3. The fraction of sp³-hybridized carbons (Fsp3) is 0.500. The van der Waals surface area contributed by atoms with Crippen LogP contribution in [0.15, 0.2) is 22.6 Å². The SMILES string of the molecule is CC(C)(C)OC(=O)N1CCCC1c1cc2nc(Cl)ccc2o1. The van der Waals surface area contributed by atoms with E-state index in [-0.39, 0.29) is 12.1 Å². The van der Waals surface area contributed by atoms with Crippen molar-refractivity contribution in [3.05, 3.63) is 29.1 Å². The van der Waals surface area contributed by atoms with Gasteiger partial charge in [-0.15, -0.1) is 0 Å². The van der Waals surface area contributed by atoms with Crippen LogP contribution >= 0.6 is 11.6 Å². The summed E-state index contributed by atoms with van der Waals surface area (Å²) >= 11 is 5.90. The predicted octanol–water partition coefficient (Wildman–Crippen LogP) is 4.55. The van der Waals surface area contributed by atoms with E-state index in [4.69, 9.17) is 20.8 Å². The van der Waals surface area contributed by atoms with Gasteiger partial charge in [-0.1, -0.05) is 11.6 Å². The molecule has 1 aliphatic rings. The fourth-order valence-electron chi connectivity index (χ4n) is 2.68. The molecule has 118 valence electrons. The standard InChI is InChI=1S/C16H19ClN2O3/c1-16(2,3)22-15(20)19-8-4-5-11(19)13-9-10-12(21-13)6-7-14(17)18-10/h6-7,9,11H,4-5,8H2,1-3H3. The molecule has 0 spiro atoms. The van der Waals surface area contributed by atoms with Crippen molar-refractivity contribution in [1.29, 1.82) is 0 Å². The number of carbonyl (C=O) groups is 1. The molecule has 3 rings (SSSR count). The molecule has 1 fully saturated rings. The van der Waals surface area contributed by atoms with Gasteiger partial charge in [0.05, 0.1) is 6.04 Å². The molecule has 1 amide bonds. The molecule has 22 heavy (non-hydrogen) atoms. The second kappa shape index (κ2) is 5.47. The number of ether oxygens (including phenoxy) is 1. The Hall–Kier alpha value is -1.75. The van der Waals surface area contributed by atoms with Crippen LogP contribution in [0.4, 0.5) is 4.79 Å². The number of carbonyl (C=O) groups excluding carboxylic acids is 1. The van der Waals surface area contributed by atoms with Crippen molar-refractivity contribution < 1.29 is 13.9 Å². The first-order valence-corrected chi connectivity index (χ1v) is 7.77. The number of nitrogens with zero attached hydrogens (tertiary/aromatic N) is 2. The number of fused-ring (bicyclic) bond motifs is 1. The molecule has 0 aromatic carbocycles. The number of rotatable bonds is 1. The van der Waals surface area contributed by atoms with E-state index in [9.17, 15) is 4.79 Å². The number of likely N-dealkylation sites (tertiary alicyclic amines) is 1. The highest BCUT2D eigenvalue weighted by Gasteiger charge is 2.35. The number of furan rings is 1. The average molecular weight is 323 g/mol. The fourth-order valence-corrected chi connectivity index (χ4v) is 2.84. The van der Waals surface area contributed by atoms with Gasteiger partial charge in [0.2, 0.25) is 0 Å². The van der Waals surface area contributed by atoms with E-state index in [1.165, 1.54) is 0 Å². The second-order valence-corrected chi connectivity index (χ2v) is 6.89. The van der Waals surface area contributed by atoms with Crippen LogP contribution in [0.25, 0.3) is 11.1 Å². The monoisotopic (exact) mass is 322 g/mol. The van der Waals surface area contributed by atoms with Crippen molar-refractivity contribution in [1.82, 2.24) is 9.88 Å². The Morgan fingerprint density at radius 3 is 2.95 bits per heavy atom. The Morgan fingerprint density at radius 2 is 2.23 bits per heavy atom. The molecular weight excluding hydrogens is 304 g/mol. The molecular formula is C16H19ClN2O3. The molecule has 6 heteroatoms. The number of pyridine rings is 1. The molecule has 0 radical (unpaired) electrons. The Labute approximate surface area is 134 Å². The molecule has 1 saturated heterocycles. The first-order valence-electron chi connectivity index (χ1n) is 7.39. The molecule has 2 aromatic heterocycles. The van der Waals surface area contributed by atoms with Crippen molar-refractivity contribution in [3.63, 3.8) is 0 Å². The molecule has 3 heterocycles. The molecule has 0 bridgehead atoms. The lowest BCUT2D eigenvalue weighted by atomic mass is 10.1. The molecule has 1 atom stereocenters. The van der Waals surface area contributed by atoms with Crippen LogP contribution in [-0.4, -0.2) is 28.1 Å². The van der Waals surface area contributed by atoms with E-state index in [1.807, 2.05) is 26.8 Å². The van der Waals surface area contributed by atoms with E-state index in [0.717, 1.165) is 18.6 Å². The van der Waals surface area contributed by atoms with Gasteiger partial charge in [0.15, 0.2) is 5.58 Å². The zero-order chi connectivity index (χ0) is 15.9. The quantitative estimate of drug-likeness (QED) is 0.722. The van der Waals surface area contributed by atoms with Gasteiger partial charge in [-0.25, -0.2) is 9.78 Å². The third-order valence-electron chi connectivity index (χ3n) is 3.57. The maximum Gasteiger partial charge on any atom is 0.410 e. The van der Waals surface area contributed by atoms with Gasteiger partial charge in [-0.3, -0.25) is 4.90 Å². The summed E-state index contributed by atoms with van der Waals surface area (Å²) in [5.41, 5.74) is 0.877. The molecule has 0 saturated carbocycles. The minimum absolute atomic E-state index is 0.108. The Kier molecular flexibility index (Phi) is 3.77. The zero-order valence-electron chi connectivity index (χ0n) is 12.9. The smallest absolute Gasteiger partial charge is 0.410 e. The van der Waals surface area contributed by atoms with Crippen molar-refractivity contribution in [2.45, 2.75) is 45.3 Å². The van der Waals surface area contributed by atoms with Crippen LogP contribution in [0.1, 0.15) is 45.4 Å². The summed E-state index contributed by atoms with van der Waals surface area (Å²) in [6.07, 6.45) is 1.48. The predicted molar refractivity (Wildman–Crippen MR) is 83.9 cm³/mol. The summed E-state index contributed by atoms with van der Waals surface area (Å²) in [7, 11) is 0. The minimum atomic E-state index is -0.507. The highest BCUT2D eigenvalue weighted by atomic mass is 35.5. The molecule has 1 aliphatic heterocycles. The minimum Gasteiger partial charge on any atom is -0.457 e. The van der Waals surface area contributed by atoms with Crippen LogP contribution in [0.5, 0.6) is 0 Å². The van der Waals surface area contributed by atoms with Crippen molar-refractivity contribution in [3.8, 4) is 0 Å². The van der Waals surface area contributed by atoms with Crippen molar-refractivity contribution in [2.24, 2.45) is 0 Å². The largest absolute Gasteiger partial charge is 0.457 e. The molecule has 0 N–H and O–H groups in total. The lowest BCUT2D eigenvalue weighted by molar-refractivity contribution is 0.0209. The molecule has 0 aliphatic carbocycles. The number of amides is 1. The summed E-state index contributed by atoms with van der Waals surface area (Å²) in [4.78, 5) is 18.3. The summed E-state index contributed by atoms with van der Waals surface area (Å²) in [5.74, 6) is 0.730. The molecule has 1 unspecified atom stereocenters. The van der Waals surface area contributed by atoms with Crippen LogP contribution < -0.4 is 0 Å². The van der Waals surface area contributed by atoms with Gasteiger partial charge in [0, 0.05) is 12.6 Å². The Morgan fingerprint density at radius 1 is 1.45 bits per heavy atom. The van der Waals surface area contributed by atoms with E-state index in [1.54, 1.807) is 17.0 Å². The van der Waals surface area contributed by atoms with Gasteiger partial charge in [-0.05, 0) is 45.7 Å². The number of hydrogen-bond acceptors (Lipinski definition) is 4. The summed E-state index contributed by atoms with van der Waals surface area (Å²) in [5, 5.41) is 0.426. The van der Waals surface area contributed by atoms with Gasteiger partial charge in [-0.2, -0.15) is 0 Å². The number of halogens is 1. The van der Waals surface area contributed by atoms with Gasteiger partial charge < -0.3 is 9.15 Å². The lowest BCUT2D eigenvalue weighted by Crippen LogP contribution is -2.36. The number of aromatic nitrogens is 1. The van der Waals surface area contributed by atoms with Crippen molar-refractivity contribution in [2.75, 3.05) is 6.54 Å².